The third-order valence-corrected chi connectivity index (χ3v) is 6.29. The van der Waals surface area contributed by atoms with Crippen LogP contribution in [0.1, 0.15) is 39.6 Å². The van der Waals surface area contributed by atoms with Gasteiger partial charge in [-0.25, -0.2) is 9.78 Å². The van der Waals surface area contributed by atoms with Crippen LogP contribution in [0.2, 0.25) is 0 Å². The molecule has 9 heteroatoms. The predicted octanol–water partition coefficient (Wildman–Crippen LogP) is 4.88. The van der Waals surface area contributed by atoms with Crippen molar-refractivity contribution in [3.63, 3.8) is 0 Å². The number of amides is 1. The van der Waals surface area contributed by atoms with Crippen molar-refractivity contribution in [3.05, 3.63) is 45.8 Å². The number of thiazole rings is 1. The van der Waals surface area contributed by atoms with Crippen molar-refractivity contribution in [2.75, 3.05) is 26.1 Å². The highest BCUT2D eigenvalue weighted by molar-refractivity contribution is 7.16. The normalized spacial score (nSPS) is 10.5. The van der Waals surface area contributed by atoms with E-state index in [2.05, 4.69) is 10.3 Å². The molecule has 3 rings (SSSR count). The lowest BCUT2D eigenvalue weighted by molar-refractivity contribution is 0.0528. The molecule has 1 amide bonds. The molecular formula is C21H22N2O5S2. The Kier molecular flexibility index (Phi) is 7.07. The molecule has 0 unspecified atom stereocenters. The third-order valence-electron chi connectivity index (χ3n) is 4.22. The number of ether oxygens (including phenoxy) is 3. The maximum absolute atomic E-state index is 12.8. The van der Waals surface area contributed by atoms with Gasteiger partial charge in [-0.05, 0) is 31.5 Å². The minimum atomic E-state index is -0.455. The van der Waals surface area contributed by atoms with Gasteiger partial charge in [-0.1, -0.05) is 13.0 Å². The Morgan fingerprint density at radius 1 is 1.17 bits per heavy atom. The summed E-state index contributed by atoms with van der Waals surface area (Å²) < 4.78 is 15.9. The Hall–Kier alpha value is -2.91. The van der Waals surface area contributed by atoms with Gasteiger partial charge >= 0.3 is 5.97 Å². The summed E-state index contributed by atoms with van der Waals surface area (Å²) in [5, 5.41) is 5.56. The predicted molar refractivity (Wildman–Crippen MR) is 118 cm³/mol. The molecule has 158 valence electrons. The molecule has 30 heavy (non-hydrogen) atoms. The standard InChI is InChI=1S/C21H22N2O5S2/c1-5-12-10-14(21(25)28-6-2)20(30-12)23-18(24)15-11-29-19(22-15)13-8-7-9-16(26-3)17(13)27-4/h7-11H,5-6H2,1-4H3,(H,23,24). The van der Waals surface area contributed by atoms with Gasteiger partial charge in [0, 0.05) is 10.3 Å². The molecule has 0 aliphatic heterocycles. The number of benzene rings is 1. The monoisotopic (exact) mass is 446 g/mol. The van der Waals surface area contributed by atoms with Crippen LogP contribution in [0.15, 0.2) is 29.6 Å². The summed E-state index contributed by atoms with van der Waals surface area (Å²) in [6.45, 7) is 3.99. The second kappa shape index (κ2) is 9.73. The number of para-hydroxylation sites is 1. The maximum Gasteiger partial charge on any atom is 0.341 e. The second-order valence-electron chi connectivity index (χ2n) is 6.06. The van der Waals surface area contributed by atoms with Gasteiger partial charge in [0.25, 0.3) is 5.91 Å². The zero-order valence-corrected chi connectivity index (χ0v) is 18.7. The SMILES string of the molecule is CCOC(=O)c1cc(CC)sc1NC(=O)c1csc(-c2cccc(OC)c2OC)n1. The van der Waals surface area contributed by atoms with E-state index >= 15 is 0 Å². The van der Waals surface area contributed by atoms with Gasteiger partial charge in [0.05, 0.1) is 32.0 Å². The molecule has 0 fully saturated rings. The smallest absolute Gasteiger partial charge is 0.341 e. The van der Waals surface area contributed by atoms with Crippen molar-refractivity contribution in [1.82, 2.24) is 4.98 Å². The van der Waals surface area contributed by atoms with Crippen LogP contribution < -0.4 is 14.8 Å². The van der Waals surface area contributed by atoms with Gasteiger partial charge in [-0.2, -0.15) is 0 Å². The van der Waals surface area contributed by atoms with Gasteiger partial charge in [0.15, 0.2) is 11.5 Å². The van der Waals surface area contributed by atoms with Gasteiger partial charge in [0.1, 0.15) is 15.7 Å². The number of carbonyl (C=O) groups excluding carboxylic acids is 2. The van der Waals surface area contributed by atoms with Gasteiger partial charge in [-0.3, -0.25) is 4.79 Å². The first-order valence-electron chi connectivity index (χ1n) is 9.30. The summed E-state index contributed by atoms with van der Waals surface area (Å²) in [6.07, 6.45) is 0.753. The highest BCUT2D eigenvalue weighted by atomic mass is 32.1. The summed E-state index contributed by atoms with van der Waals surface area (Å²) in [5.74, 6) is 0.288. The minimum absolute atomic E-state index is 0.251. The highest BCUT2D eigenvalue weighted by Crippen LogP contribution is 2.39. The van der Waals surface area contributed by atoms with Crippen LogP contribution >= 0.6 is 22.7 Å². The second-order valence-corrected chi connectivity index (χ2v) is 8.06. The number of anilines is 1. The molecule has 0 saturated carbocycles. The molecule has 1 aromatic carbocycles. The summed E-state index contributed by atoms with van der Waals surface area (Å²) >= 11 is 2.68. The van der Waals surface area contributed by atoms with E-state index in [9.17, 15) is 9.59 Å². The lowest BCUT2D eigenvalue weighted by atomic mass is 10.2. The molecule has 0 aliphatic rings. The molecular weight excluding hydrogens is 424 g/mol. The largest absolute Gasteiger partial charge is 0.493 e. The number of aryl methyl sites for hydroxylation is 1. The molecule has 3 aromatic rings. The first-order chi connectivity index (χ1) is 14.5. The van der Waals surface area contributed by atoms with Crippen LogP contribution in [-0.2, 0) is 11.2 Å². The van der Waals surface area contributed by atoms with E-state index in [1.54, 1.807) is 38.7 Å². The van der Waals surface area contributed by atoms with E-state index < -0.39 is 11.9 Å². The zero-order chi connectivity index (χ0) is 21.7. The number of carbonyl (C=O) groups is 2. The van der Waals surface area contributed by atoms with E-state index in [4.69, 9.17) is 14.2 Å². The van der Waals surface area contributed by atoms with Crippen LogP contribution in [0, 0.1) is 0 Å². The number of rotatable bonds is 8. The van der Waals surface area contributed by atoms with E-state index in [-0.39, 0.29) is 12.3 Å². The number of thiophene rings is 1. The van der Waals surface area contributed by atoms with Gasteiger partial charge in [0.2, 0.25) is 0 Å². The molecule has 0 aliphatic carbocycles. The highest BCUT2D eigenvalue weighted by Gasteiger charge is 2.21. The molecule has 0 saturated heterocycles. The number of esters is 1. The molecule has 7 nitrogen and oxygen atoms in total. The number of nitrogens with zero attached hydrogens (tertiary/aromatic N) is 1. The lowest BCUT2D eigenvalue weighted by Crippen LogP contribution is -2.14. The number of hydrogen-bond acceptors (Lipinski definition) is 8. The molecule has 2 heterocycles. The fourth-order valence-corrected chi connectivity index (χ4v) is 4.60. The van der Waals surface area contributed by atoms with Crippen LogP contribution in [-0.4, -0.2) is 37.7 Å². The maximum atomic E-state index is 12.8. The number of nitrogens with one attached hydrogen (secondary N) is 1. The first kappa shape index (κ1) is 21.8. The van der Waals surface area contributed by atoms with Crippen molar-refractivity contribution < 1.29 is 23.8 Å². The first-order valence-corrected chi connectivity index (χ1v) is 11.0. The summed E-state index contributed by atoms with van der Waals surface area (Å²) in [6, 6.07) is 7.24. The van der Waals surface area contributed by atoms with Crippen molar-refractivity contribution in [1.29, 1.82) is 0 Å². The number of hydrogen-bond donors (Lipinski definition) is 1. The number of aromatic nitrogens is 1. The van der Waals surface area contributed by atoms with Crippen LogP contribution in [0.5, 0.6) is 11.5 Å². The summed E-state index contributed by atoms with van der Waals surface area (Å²) in [4.78, 5) is 30.5. The number of methoxy groups -OCH3 is 2. The molecule has 0 radical (unpaired) electrons. The Bertz CT molecular complexity index is 1060. The van der Waals surface area contributed by atoms with Gasteiger partial charge in [-0.15, -0.1) is 22.7 Å². The third kappa shape index (κ3) is 4.47. The average molecular weight is 447 g/mol. The fourth-order valence-electron chi connectivity index (χ4n) is 2.79. The van der Waals surface area contributed by atoms with Crippen molar-refractivity contribution in [2.45, 2.75) is 20.3 Å². The van der Waals surface area contributed by atoms with E-state index in [1.165, 1.54) is 22.7 Å². The van der Waals surface area contributed by atoms with Crippen molar-refractivity contribution >= 4 is 39.6 Å². The van der Waals surface area contributed by atoms with Crippen LogP contribution in [0.25, 0.3) is 10.6 Å². The average Bonchev–Trinajstić information content (AvgIpc) is 3.40. The fraction of sp³-hybridized carbons (Fsp3) is 0.286. The Morgan fingerprint density at radius 3 is 2.63 bits per heavy atom. The Labute approximate surface area is 182 Å². The van der Waals surface area contributed by atoms with E-state index in [1.807, 2.05) is 19.1 Å². The molecule has 0 atom stereocenters. The lowest BCUT2D eigenvalue weighted by Gasteiger charge is -2.10. The molecule has 0 spiro atoms. The van der Waals surface area contributed by atoms with Crippen molar-refractivity contribution in [3.8, 4) is 22.1 Å². The summed E-state index contributed by atoms with van der Waals surface area (Å²) in [7, 11) is 3.12. The topological polar surface area (TPSA) is 86.8 Å². The Morgan fingerprint density at radius 2 is 1.97 bits per heavy atom. The minimum Gasteiger partial charge on any atom is -0.493 e. The summed E-state index contributed by atoms with van der Waals surface area (Å²) in [5.41, 5.74) is 1.34. The zero-order valence-electron chi connectivity index (χ0n) is 17.1. The van der Waals surface area contributed by atoms with Crippen LogP contribution in [0.3, 0.4) is 0 Å². The quantitative estimate of drug-likeness (QED) is 0.496. The molecule has 2 aromatic heterocycles. The van der Waals surface area contributed by atoms with Crippen molar-refractivity contribution in [2.24, 2.45) is 0 Å². The van der Waals surface area contributed by atoms with E-state index in [0.29, 0.717) is 27.1 Å². The molecule has 0 bridgehead atoms. The Balaban J connectivity index is 1.87. The van der Waals surface area contributed by atoms with Crippen LogP contribution in [0.4, 0.5) is 5.00 Å². The molecule has 1 N–H and O–H groups in total. The van der Waals surface area contributed by atoms with Gasteiger partial charge < -0.3 is 19.5 Å². The van der Waals surface area contributed by atoms with E-state index in [0.717, 1.165) is 16.9 Å².